The number of rotatable bonds is 5. The predicted octanol–water partition coefficient (Wildman–Crippen LogP) is 2.20. The monoisotopic (exact) mass is 233 g/mol. The minimum atomic E-state index is -0.910. The van der Waals surface area contributed by atoms with Gasteiger partial charge in [-0.2, -0.15) is 0 Å². The van der Waals surface area contributed by atoms with E-state index in [1.54, 1.807) is 0 Å². The molecular weight excluding hydrogens is 218 g/mol. The SMILES string of the molecule is COC(CCc1c[nH]c2ccccc12)C(=O)O. The molecule has 0 aliphatic carbocycles. The van der Waals surface area contributed by atoms with Crippen LogP contribution < -0.4 is 0 Å². The molecule has 0 fully saturated rings. The molecule has 1 aromatic heterocycles. The summed E-state index contributed by atoms with van der Waals surface area (Å²) in [6.07, 6.45) is 2.37. The third-order valence-corrected chi connectivity index (χ3v) is 2.91. The van der Waals surface area contributed by atoms with E-state index >= 15 is 0 Å². The lowest BCUT2D eigenvalue weighted by atomic mass is 10.1. The number of aryl methyl sites for hydroxylation is 1. The number of H-pyrrole nitrogens is 1. The van der Waals surface area contributed by atoms with Gasteiger partial charge in [-0.1, -0.05) is 18.2 Å². The van der Waals surface area contributed by atoms with Crippen LogP contribution in [0, 0.1) is 0 Å². The molecule has 4 nitrogen and oxygen atoms in total. The second-order valence-electron chi connectivity index (χ2n) is 3.96. The number of aromatic nitrogens is 1. The number of benzene rings is 1. The van der Waals surface area contributed by atoms with Gasteiger partial charge in [0.15, 0.2) is 6.10 Å². The number of ether oxygens (including phenoxy) is 1. The minimum absolute atomic E-state index is 0.480. The molecule has 2 N–H and O–H groups in total. The third kappa shape index (κ3) is 2.47. The molecule has 0 saturated carbocycles. The number of methoxy groups -OCH3 is 1. The van der Waals surface area contributed by atoms with Crippen molar-refractivity contribution in [2.45, 2.75) is 18.9 Å². The molecule has 0 radical (unpaired) electrons. The van der Waals surface area contributed by atoms with E-state index in [1.165, 1.54) is 7.11 Å². The van der Waals surface area contributed by atoms with Gasteiger partial charge in [-0.3, -0.25) is 0 Å². The standard InChI is InChI=1S/C13H15NO3/c1-17-12(13(15)16)7-6-9-8-14-11-5-3-2-4-10(9)11/h2-5,8,12,14H,6-7H2,1H3,(H,15,16). The van der Waals surface area contributed by atoms with Gasteiger partial charge >= 0.3 is 5.97 Å². The van der Waals surface area contributed by atoms with Crippen LogP contribution in [0.1, 0.15) is 12.0 Å². The van der Waals surface area contributed by atoms with Gasteiger partial charge in [0.25, 0.3) is 0 Å². The van der Waals surface area contributed by atoms with Crippen LogP contribution in [0.4, 0.5) is 0 Å². The number of nitrogens with one attached hydrogen (secondary N) is 1. The molecule has 0 saturated heterocycles. The first kappa shape index (κ1) is 11.7. The summed E-state index contributed by atoms with van der Waals surface area (Å²) in [6.45, 7) is 0. The second kappa shape index (κ2) is 5.01. The zero-order valence-electron chi connectivity index (χ0n) is 9.64. The largest absolute Gasteiger partial charge is 0.479 e. The van der Waals surface area contributed by atoms with E-state index in [0.29, 0.717) is 12.8 Å². The van der Waals surface area contributed by atoms with E-state index in [-0.39, 0.29) is 0 Å². The molecule has 17 heavy (non-hydrogen) atoms. The molecule has 0 bridgehead atoms. The van der Waals surface area contributed by atoms with Crippen molar-refractivity contribution in [1.29, 1.82) is 0 Å². The molecule has 1 heterocycles. The smallest absolute Gasteiger partial charge is 0.332 e. The first-order valence-electron chi connectivity index (χ1n) is 5.53. The average molecular weight is 233 g/mol. The van der Waals surface area contributed by atoms with Crippen LogP contribution >= 0.6 is 0 Å². The van der Waals surface area contributed by atoms with Crippen molar-refractivity contribution < 1.29 is 14.6 Å². The van der Waals surface area contributed by atoms with E-state index in [2.05, 4.69) is 4.98 Å². The highest BCUT2D eigenvalue weighted by molar-refractivity contribution is 5.83. The number of hydrogen-bond donors (Lipinski definition) is 2. The molecule has 1 atom stereocenters. The Morgan fingerprint density at radius 3 is 2.94 bits per heavy atom. The Balaban J connectivity index is 2.11. The van der Waals surface area contributed by atoms with Gasteiger partial charge in [0.2, 0.25) is 0 Å². The number of para-hydroxylation sites is 1. The van der Waals surface area contributed by atoms with E-state index < -0.39 is 12.1 Å². The maximum Gasteiger partial charge on any atom is 0.332 e. The third-order valence-electron chi connectivity index (χ3n) is 2.91. The summed E-state index contributed by atoms with van der Waals surface area (Å²) in [4.78, 5) is 14.0. The number of carboxylic acids is 1. The van der Waals surface area contributed by atoms with Gasteiger partial charge in [0.05, 0.1) is 0 Å². The molecule has 2 rings (SSSR count). The van der Waals surface area contributed by atoms with Crippen LogP contribution in [0.5, 0.6) is 0 Å². The zero-order valence-corrected chi connectivity index (χ0v) is 9.64. The Hall–Kier alpha value is -1.81. The second-order valence-corrected chi connectivity index (χ2v) is 3.96. The Labute approximate surface area is 99.2 Å². The highest BCUT2D eigenvalue weighted by Crippen LogP contribution is 2.19. The molecule has 0 aliphatic rings. The number of carboxylic acid groups (broad SMARTS) is 1. The lowest BCUT2D eigenvalue weighted by molar-refractivity contribution is -0.148. The number of aromatic amines is 1. The van der Waals surface area contributed by atoms with Crippen molar-refractivity contribution in [2.24, 2.45) is 0 Å². The lowest BCUT2D eigenvalue weighted by Gasteiger charge is -2.09. The van der Waals surface area contributed by atoms with Crippen molar-refractivity contribution in [1.82, 2.24) is 4.98 Å². The first-order valence-corrected chi connectivity index (χ1v) is 5.53. The van der Waals surface area contributed by atoms with E-state index in [4.69, 9.17) is 9.84 Å². The van der Waals surface area contributed by atoms with Crippen molar-refractivity contribution in [3.8, 4) is 0 Å². The van der Waals surface area contributed by atoms with Gasteiger partial charge in [-0.25, -0.2) is 4.79 Å². The predicted molar refractivity (Wildman–Crippen MR) is 65.1 cm³/mol. The Kier molecular flexibility index (Phi) is 3.44. The minimum Gasteiger partial charge on any atom is -0.479 e. The maximum atomic E-state index is 10.8. The summed E-state index contributed by atoms with van der Waals surface area (Å²) in [5.41, 5.74) is 2.20. The Morgan fingerprint density at radius 2 is 2.24 bits per heavy atom. The summed E-state index contributed by atoms with van der Waals surface area (Å²) in [5, 5.41) is 10.0. The molecular formula is C13H15NO3. The fourth-order valence-corrected chi connectivity index (χ4v) is 1.97. The summed E-state index contributed by atoms with van der Waals surface area (Å²) >= 11 is 0. The highest BCUT2D eigenvalue weighted by Gasteiger charge is 2.16. The maximum absolute atomic E-state index is 10.8. The topological polar surface area (TPSA) is 62.3 Å². The summed E-state index contributed by atoms with van der Waals surface area (Å²) < 4.78 is 4.91. The fourth-order valence-electron chi connectivity index (χ4n) is 1.97. The molecule has 90 valence electrons. The van der Waals surface area contributed by atoms with Gasteiger partial charge in [0.1, 0.15) is 0 Å². The van der Waals surface area contributed by atoms with Gasteiger partial charge in [-0.15, -0.1) is 0 Å². The average Bonchev–Trinajstić information content (AvgIpc) is 2.73. The van der Waals surface area contributed by atoms with Crippen LogP contribution in [0.15, 0.2) is 30.5 Å². The first-order chi connectivity index (χ1) is 8.22. The van der Waals surface area contributed by atoms with Gasteiger partial charge < -0.3 is 14.8 Å². The van der Waals surface area contributed by atoms with Gasteiger partial charge in [-0.05, 0) is 24.5 Å². The molecule has 2 aromatic rings. The number of fused-ring (bicyclic) bond motifs is 1. The molecule has 1 aromatic carbocycles. The van der Waals surface area contributed by atoms with Gasteiger partial charge in [0, 0.05) is 24.2 Å². The summed E-state index contributed by atoms with van der Waals surface area (Å²) in [6, 6.07) is 7.98. The van der Waals surface area contributed by atoms with E-state index in [1.807, 2.05) is 30.5 Å². The van der Waals surface area contributed by atoms with Crippen molar-refractivity contribution in [3.63, 3.8) is 0 Å². The quantitative estimate of drug-likeness (QED) is 0.832. The normalized spacial score (nSPS) is 12.8. The lowest BCUT2D eigenvalue weighted by Crippen LogP contribution is -2.22. The van der Waals surface area contributed by atoms with Crippen LogP contribution in [0.25, 0.3) is 10.9 Å². The molecule has 0 aliphatic heterocycles. The van der Waals surface area contributed by atoms with Crippen LogP contribution in [0.3, 0.4) is 0 Å². The van der Waals surface area contributed by atoms with Crippen LogP contribution in [0.2, 0.25) is 0 Å². The Bertz CT molecular complexity index is 518. The van der Waals surface area contributed by atoms with E-state index in [0.717, 1.165) is 16.5 Å². The highest BCUT2D eigenvalue weighted by atomic mass is 16.5. The summed E-state index contributed by atoms with van der Waals surface area (Å²) in [5.74, 6) is -0.910. The molecule has 4 heteroatoms. The number of hydrogen-bond acceptors (Lipinski definition) is 2. The van der Waals surface area contributed by atoms with Crippen LogP contribution in [-0.4, -0.2) is 29.3 Å². The van der Waals surface area contributed by atoms with Crippen molar-refractivity contribution >= 4 is 16.9 Å². The molecule has 0 spiro atoms. The number of aliphatic carboxylic acids is 1. The van der Waals surface area contributed by atoms with Crippen molar-refractivity contribution in [2.75, 3.05) is 7.11 Å². The summed E-state index contributed by atoms with van der Waals surface area (Å²) in [7, 11) is 1.42. The van der Waals surface area contributed by atoms with Crippen molar-refractivity contribution in [3.05, 3.63) is 36.0 Å². The van der Waals surface area contributed by atoms with E-state index in [9.17, 15) is 4.79 Å². The Morgan fingerprint density at radius 1 is 1.47 bits per heavy atom. The van der Waals surface area contributed by atoms with Crippen LogP contribution in [-0.2, 0) is 16.0 Å². The fraction of sp³-hybridized carbons (Fsp3) is 0.308. The molecule has 0 amide bonds. The number of carbonyl (C=O) groups is 1. The zero-order chi connectivity index (χ0) is 12.3. The molecule has 1 unspecified atom stereocenters.